The van der Waals surface area contributed by atoms with Gasteiger partial charge in [-0.3, -0.25) is 10.1 Å². The van der Waals surface area contributed by atoms with Crippen LogP contribution in [0.25, 0.3) is 0 Å². The van der Waals surface area contributed by atoms with Crippen LogP contribution in [0.4, 0.5) is 0 Å². The Morgan fingerprint density at radius 3 is 3.36 bits per heavy atom. The molecule has 14 heavy (non-hydrogen) atoms. The number of allylic oxidation sites excluding steroid dienone is 1. The summed E-state index contributed by atoms with van der Waals surface area (Å²) in [6.07, 6.45) is 5.46. The fourth-order valence-corrected chi connectivity index (χ4v) is 2.55. The SMILES string of the molecule is O=C1CCC2=COC3NCCCC3N12. The molecule has 3 aliphatic rings. The Kier molecular flexibility index (Phi) is 1.77. The van der Waals surface area contributed by atoms with Gasteiger partial charge in [-0.2, -0.15) is 0 Å². The second kappa shape index (κ2) is 2.98. The fourth-order valence-electron chi connectivity index (χ4n) is 2.55. The summed E-state index contributed by atoms with van der Waals surface area (Å²) in [5.74, 6) is 0.262. The number of carbonyl (C=O) groups is 1. The lowest BCUT2D eigenvalue weighted by molar-refractivity contribution is -0.133. The van der Waals surface area contributed by atoms with Crippen LogP contribution in [0.15, 0.2) is 12.0 Å². The molecule has 2 fully saturated rings. The van der Waals surface area contributed by atoms with E-state index in [0.29, 0.717) is 6.42 Å². The average Bonchev–Trinajstić information content (AvgIpc) is 2.61. The van der Waals surface area contributed by atoms with E-state index in [2.05, 4.69) is 5.32 Å². The van der Waals surface area contributed by atoms with E-state index in [1.165, 1.54) is 0 Å². The van der Waals surface area contributed by atoms with Gasteiger partial charge in [0.15, 0.2) is 6.23 Å². The lowest BCUT2D eigenvalue weighted by atomic mass is 10.0. The molecule has 2 saturated heterocycles. The van der Waals surface area contributed by atoms with Gasteiger partial charge in [0.05, 0.1) is 11.7 Å². The van der Waals surface area contributed by atoms with E-state index in [-0.39, 0.29) is 18.2 Å². The largest absolute Gasteiger partial charge is 0.479 e. The summed E-state index contributed by atoms with van der Waals surface area (Å²) in [6, 6.07) is 0.235. The minimum Gasteiger partial charge on any atom is -0.479 e. The number of carbonyl (C=O) groups excluding carboxylic acids is 1. The molecule has 0 aromatic carbocycles. The van der Waals surface area contributed by atoms with Crippen molar-refractivity contribution in [3.63, 3.8) is 0 Å². The highest BCUT2D eigenvalue weighted by molar-refractivity contribution is 5.81. The first-order valence-electron chi connectivity index (χ1n) is 5.26. The summed E-state index contributed by atoms with van der Waals surface area (Å²) < 4.78 is 5.58. The van der Waals surface area contributed by atoms with Gasteiger partial charge in [-0.05, 0) is 25.8 Å². The third kappa shape index (κ3) is 1.07. The highest BCUT2D eigenvalue weighted by Gasteiger charge is 2.41. The van der Waals surface area contributed by atoms with Crippen LogP contribution >= 0.6 is 0 Å². The molecule has 0 radical (unpaired) electrons. The van der Waals surface area contributed by atoms with E-state index in [1.807, 2.05) is 4.90 Å². The smallest absolute Gasteiger partial charge is 0.227 e. The summed E-state index contributed by atoms with van der Waals surface area (Å²) in [7, 11) is 0. The zero-order valence-corrected chi connectivity index (χ0v) is 8.03. The van der Waals surface area contributed by atoms with Crippen LogP contribution in [0.1, 0.15) is 25.7 Å². The predicted octanol–water partition coefficient (Wildman–Crippen LogP) is 0.558. The number of fused-ring (bicyclic) bond motifs is 3. The molecule has 2 atom stereocenters. The number of nitrogens with zero attached hydrogens (tertiary/aromatic N) is 1. The van der Waals surface area contributed by atoms with Gasteiger partial charge < -0.3 is 9.64 Å². The zero-order valence-electron chi connectivity index (χ0n) is 8.03. The quantitative estimate of drug-likeness (QED) is 0.612. The van der Waals surface area contributed by atoms with E-state index in [4.69, 9.17) is 4.74 Å². The van der Waals surface area contributed by atoms with Gasteiger partial charge in [0.1, 0.15) is 6.26 Å². The molecule has 3 rings (SSSR count). The molecule has 76 valence electrons. The van der Waals surface area contributed by atoms with E-state index in [9.17, 15) is 4.79 Å². The van der Waals surface area contributed by atoms with Crippen LogP contribution in [0.3, 0.4) is 0 Å². The van der Waals surface area contributed by atoms with Gasteiger partial charge in [-0.15, -0.1) is 0 Å². The molecule has 1 N–H and O–H groups in total. The van der Waals surface area contributed by atoms with Crippen LogP contribution in [0.2, 0.25) is 0 Å². The molecule has 3 heterocycles. The van der Waals surface area contributed by atoms with Gasteiger partial charge in [0.25, 0.3) is 0 Å². The molecule has 3 aliphatic heterocycles. The molecule has 0 aromatic rings. The Bertz CT molecular complexity index is 300. The first-order chi connectivity index (χ1) is 6.86. The molecule has 1 amide bonds. The number of rotatable bonds is 0. The van der Waals surface area contributed by atoms with Gasteiger partial charge in [-0.1, -0.05) is 0 Å². The lowest BCUT2D eigenvalue weighted by Crippen LogP contribution is -2.56. The van der Waals surface area contributed by atoms with Crippen molar-refractivity contribution in [3.8, 4) is 0 Å². The van der Waals surface area contributed by atoms with Crippen molar-refractivity contribution in [1.29, 1.82) is 0 Å². The Morgan fingerprint density at radius 2 is 2.43 bits per heavy atom. The van der Waals surface area contributed by atoms with Crippen molar-refractivity contribution < 1.29 is 9.53 Å². The highest BCUT2D eigenvalue weighted by atomic mass is 16.5. The topological polar surface area (TPSA) is 41.6 Å². The summed E-state index contributed by atoms with van der Waals surface area (Å²) in [5.41, 5.74) is 1.07. The maximum atomic E-state index is 11.7. The van der Waals surface area contributed by atoms with E-state index in [1.54, 1.807) is 6.26 Å². The van der Waals surface area contributed by atoms with Crippen molar-refractivity contribution in [2.24, 2.45) is 0 Å². The van der Waals surface area contributed by atoms with Crippen molar-refractivity contribution in [2.45, 2.75) is 38.0 Å². The summed E-state index contributed by atoms with van der Waals surface area (Å²) >= 11 is 0. The van der Waals surface area contributed by atoms with Gasteiger partial charge in [0.2, 0.25) is 5.91 Å². The van der Waals surface area contributed by atoms with Crippen LogP contribution in [-0.4, -0.2) is 29.6 Å². The molecular formula is C10H14N2O2. The van der Waals surface area contributed by atoms with Crippen molar-refractivity contribution >= 4 is 5.91 Å². The molecule has 4 heteroatoms. The average molecular weight is 194 g/mol. The zero-order chi connectivity index (χ0) is 9.54. The van der Waals surface area contributed by atoms with Gasteiger partial charge >= 0.3 is 0 Å². The Balaban J connectivity index is 1.91. The van der Waals surface area contributed by atoms with Crippen LogP contribution in [0, 0.1) is 0 Å². The third-order valence-corrected chi connectivity index (χ3v) is 3.23. The minimum absolute atomic E-state index is 0.0227. The standard InChI is InChI=1S/C10H14N2O2/c13-9-4-3-7-6-14-10-8(12(7)9)2-1-5-11-10/h6,8,10-11H,1-5H2. The Hall–Kier alpha value is -1.03. The summed E-state index contributed by atoms with van der Waals surface area (Å²) in [5, 5.41) is 3.29. The summed E-state index contributed by atoms with van der Waals surface area (Å²) in [6.45, 7) is 0.992. The molecular weight excluding hydrogens is 180 g/mol. The fraction of sp³-hybridized carbons (Fsp3) is 0.700. The summed E-state index contributed by atoms with van der Waals surface area (Å²) in [4.78, 5) is 13.6. The Morgan fingerprint density at radius 1 is 1.50 bits per heavy atom. The second-order valence-corrected chi connectivity index (χ2v) is 4.09. The number of ether oxygens (including phenoxy) is 1. The van der Waals surface area contributed by atoms with E-state index >= 15 is 0 Å². The van der Waals surface area contributed by atoms with E-state index < -0.39 is 0 Å². The van der Waals surface area contributed by atoms with Crippen LogP contribution < -0.4 is 5.32 Å². The maximum absolute atomic E-state index is 11.7. The molecule has 4 nitrogen and oxygen atoms in total. The maximum Gasteiger partial charge on any atom is 0.227 e. The van der Waals surface area contributed by atoms with Gasteiger partial charge in [0, 0.05) is 6.42 Å². The van der Waals surface area contributed by atoms with Crippen molar-refractivity contribution in [3.05, 3.63) is 12.0 Å². The van der Waals surface area contributed by atoms with Gasteiger partial charge in [-0.25, -0.2) is 0 Å². The van der Waals surface area contributed by atoms with Crippen molar-refractivity contribution in [2.75, 3.05) is 6.54 Å². The molecule has 0 spiro atoms. The number of nitrogens with one attached hydrogen (secondary N) is 1. The molecule has 2 unspecified atom stereocenters. The van der Waals surface area contributed by atoms with E-state index in [0.717, 1.165) is 31.5 Å². The second-order valence-electron chi connectivity index (χ2n) is 4.09. The predicted molar refractivity (Wildman–Crippen MR) is 50.1 cm³/mol. The van der Waals surface area contributed by atoms with Crippen LogP contribution in [0.5, 0.6) is 0 Å². The number of amides is 1. The monoisotopic (exact) mass is 194 g/mol. The number of hydrogen-bond donors (Lipinski definition) is 1. The lowest BCUT2D eigenvalue weighted by Gasteiger charge is -2.41. The Labute approximate surface area is 82.9 Å². The van der Waals surface area contributed by atoms with Crippen molar-refractivity contribution in [1.82, 2.24) is 10.2 Å². The molecule has 0 aromatic heterocycles. The number of hydrogen-bond acceptors (Lipinski definition) is 3. The van der Waals surface area contributed by atoms with Crippen LogP contribution in [-0.2, 0) is 9.53 Å². The molecule has 0 bridgehead atoms. The normalized spacial score (nSPS) is 35.9. The minimum atomic E-state index is 0.0227. The molecule has 0 aliphatic carbocycles. The third-order valence-electron chi connectivity index (χ3n) is 3.23. The first kappa shape index (κ1) is 8.29. The first-order valence-corrected chi connectivity index (χ1v) is 5.26. The molecule has 0 saturated carbocycles. The highest BCUT2D eigenvalue weighted by Crippen LogP contribution is 2.33. The number of piperidine rings is 1.